The fraction of sp³-hybridized carbons (Fsp3) is 0.550. The van der Waals surface area contributed by atoms with Crippen LogP contribution in [-0.4, -0.2) is 29.4 Å². The van der Waals surface area contributed by atoms with Crippen LogP contribution in [0.25, 0.3) is 0 Å². The first kappa shape index (κ1) is 17.6. The molecule has 0 bridgehead atoms. The highest BCUT2D eigenvalue weighted by Crippen LogP contribution is 2.50. The molecule has 2 aliphatic carbocycles. The molecule has 1 aliphatic heterocycles. The highest BCUT2D eigenvalue weighted by molar-refractivity contribution is 6.09. The van der Waals surface area contributed by atoms with Crippen molar-refractivity contribution in [2.24, 2.45) is 11.8 Å². The number of ketones is 1. The Morgan fingerprint density at radius 3 is 2.64 bits per heavy atom. The van der Waals surface area contributed by atoms with Gasteiger partial charge >= 0.3 is 11.9 Å². The lowest BCUT2D eigenvalue weighted by molar-refractivity contribution is -0.170. The van der Waals surface area contributed by atoms with Crippen LogP contribution in [0.3, 0.4) is 0 Å². The van der Waals surface area contributed by atoms with Crippen molar-refractivity contribution in [3.05, 3.63) is 34.4 Å². The van der Waals surface area contributed by atoms with Gasteiger partial charge in [0.05, 0.1) is 0 Å². The molecule has 25 heavy (non-hydrogen) atoms. The largest absolute Gasteiger partial charge is 0.458 e. The monoisotopic (exact) mass is 344 g/mol. The maximum Gasteiger partial charge on any atom is 0.351 e. The van der Waals surface area contributed by atoms with E-state index in [1.807, 2.05) is 13.8 Å². The maximum absolute atomic E-state index is 12.6. The third-order valence-corrected chi connectivity index (χ3v) is 5.52. The Balaban J connectivity index is 1.97. The lowest BCUT2D eigenvalue weighted by atomic mass is 9.78. The summed E-state index contributed by atoms with van der Waals surface area (Å²) in [7, 11) is 0. The van der Waals surface area contributed by atoms with Gasteiger partial charge in [0, 0.05) is 23.5 Å². The predicted octanol–water partition coefficient (Wildman–Crippen LogP) is 3.05. The van der Waals surface area contributed by atoms with E-state index in [0.29, 0.717) is 12.8 Å². The zero-order chi connectivity index (χ0) is 18.5. The fourth-order valence-corrected chi connectivity index (χ4v) is 4.28. The summed E-state index contributed by atoms with van der Waals surface area (Å²) in [6.45, 7) is 9.07. The molecular weight excluding hydrogens is 320 g/mol. The van der Waals surface area contributed by atoms with Crippen LogP contribution < -0.4 is 0 Å². The number of esters is 2. The van der Waals surface area contributed by atoms with Gasteiger partial charge in [-0.25, -0.2) is 9.59 Å². The van der Waals surface area contributed by atoms with E-state index >= 15 is 0 Å². The standard InChI is InChI=1S/C20H24O5/c1-10(2)8-15(22)25-20(5)13-7-6-11(3)16-14(21)9-12(4)17(16)18(13)24-19(20)23/h8-9,13,17-18H,6-7H2,1-5H3/t13-,17-,18-,20+/m1/s1. The molecule has 0 aromatic carbocycles. The molecule has 0 unspecified atom stereocenters. The molecule has 1 fully saturated rings. The SMILES string of the molecule is CC(C)=CC(=O)O[C@]1(C)C(=O)O[C@H]2[C@@H]3C(C)=CC(=O)C3=C(C)CC[C@H]21. The Kier molecular flexibility index (Phi) is 4.21. The molecule has 5 nitrogen and oxygen atoms in total. The van der Waals surface area contributed by atoms with E-state index in [2.05, 4.69) is 0 Å². The second kappa shape index (κ2) is 5.97. The van der Waals surface area contributed by atoms with E-state index in [1.165, 1.54) is 6.08 Å². The van der Waals surface area contributed by atoms with Gasteiger partial charge < -0.3 is 9.47 Å². The minimum Gasteiger partial charge on any atom is -0.458 e. The molecule has 0 saturated carbocycles. The number of allylic oxidation sites excluding steroid dienone is 3. The molecule has 0 spiro atoms. The second-order valence-corrected chi connectivity index (χ2v) is 7.69. The van der Waals surface area contributed by atoms with E-state index in [9.17, 15) is 14.4 Å². The van der Waals surface area contributed by atoms with Crippen molar-refractivity contribution in [2.45, 2.75) is 59.2 Å². The van der Waals surface area contributed by atoms with Crippen molar-refractivity contribution in [2.75, 3.05) is 0 Å². The average Bonchev–Trinajstić information content (AvgIpc) is 2.83. The number of carbonyl (C=O) groups is 3. The normalized spacial score (nSPS) is 34.0. The fourth-order valence-electron chi connectivity index (χ4n) is 4.28. The van der Waals surface area contributed by atoms with Crippen LogP contribution in [0.1, 0.15) is 47.5 Å². The molecule has 0 aromatic rings. The number of hydrogen-bond acceptors (Lipinski definition) is 5. The Morgan fingerprint density at radius 1 is 1.32 bits per heavy atom. The predicted molar refractivity (Wildman–Crippen MR) is 91.5 cm³/mol. The van der Waals surface area contributed by atoms with Crippen LogP contribution in [0.2, 0.25) is 0 Å². The molecule has 3 rings (SSSR count). The highest BCUT2D eigenvalue weighted by atomic mass is 16.6. The number of fused-ring (bicyclic) bond motifs is 3. The second-order valence-electron chi connectivity index (χ2n) is 7.69. The molecule has 134 valence electrons. The van der Waals surface area contributed by atoms with E-state index in [1.54, 1.807) is 26.8 Å². The quantitative estimate of drug-likeness (QED) is 0.569. The Bertz CT molecular complexity index is 750. The topological polar surface area (TPSA) is 69.7 Å². The zero-order valence-electron chi connectivity index (χ0n) is 15.3. The summed E-state index contributed by atoms with van der Waals surface area (Å²) in [5.74, 6) is -1.56. The molecule has 0 N–H and O–H groups in total. The summed E-state index contributed by atoms with van der Waals surface area (Å²) in [5, 5.41) is 0. The summed E-state index contributed by atoms with van der Waals surface area (Å²) < 4.78 is 11.3. The van der Waals surface area contributed by atoms with Gasteiger partial charge in [-0.15, -0.1) is 0 Å². The Morgan fingerprint density at radius 2 is 2.00 bits per heavy atom. The van der Waals surface area contributed by atoms with E-state index < -0.39 is 23.6 Å². The number of ether oxygens (including phenoxy) is 2. The lowest BCUT2D eigenvalue weighted by Gasteiger charge is -2.29. The summed E-state index contributed by atoms with van der Waals surface area (Å²) in [6.07, 6.45) is 3.87. The van der Waals surface area contributed by atoms with Gasteiger partial charge in [0.2, 0.25) is 5.60 Å². The van der Waals surface area contributed by atoms with Crippen LogP contribution in [0.4, 0.5) is 0 Å². The van der Waals surface area contributed by atoms with Crippen molar-refractivity contribution >= 4 is 17.7 Å². The smallest absolute Gasteiger partial charge is 0.351 e. The van der Waals surface area contributed by atoms with Crippen molar-refractivity contribution < 1.29 is 23.9 Å². The molecule has 3 aliphatic rings. The van der Waals surface area contributed by atoms with Gasteiger partial charge in [-0.1, -0.05) is 16.7 Å². The molecule has 0 aromatic heterocycles. The van der Waals surface area contributed by atoms with Crippen molar-refractivity contribution in [1.29, 1.82) is 0 Å². The molecule has 0 amide bonds. The van der Waals surface area contributed by atoms with Crippen LogP contribution in [0, 0.1) is 11.8 Å². The number of hydrogen-bond donors (Lipinski definition) is 0. The summed E-state index contributed by atoms with van der Waals surface area (Å²) in [4.78, 5) is 37.1. The van der Waals surface area contributed by atoms with Gasteiger partial charge in [-0.05, 0) is 53.5 Å². The Labute approximate surface area is 147 Å². The first-order chi connectivity index (χ1) is 11.6. The maximum atomic E-state index is 12.6. The van der Waals surface area contributed by atoms with E-state index in [4.69, 9.17) is 9.47 Å². The van der Waals surface area contributed by atoms with Crippen LogP contribution in [0.15, 0.2) is 34.4 Å². The number of carbonyl (C=O) groups excluding carboxylic acids is 3. The van der Waals surface area contributed by atoms with Gasteiger partial charge in [0.1, 0.15) is 6.10 Å². The number of rotatable bonds is 2. The van der Waals surface area contributed by atoms with Gasteiger partial charge in [0.25, 0.3) is 0 Å². The van der Waals surface area contributed by atoms with Crippen LogP contribution >= 0.6 is 0 Å². The van der Waals surface area contributed by atoms with Crippen molar-refractivity contribution in [1.82, 2.24) is 0 Å². The Hall–Kier alpha value is -2.17. The first-order valence-corrected chi connectivity index (χ1v) is 8.66. The van der Waals surface area contributed by atoms with Gasteiger partial charge in [-0.2, -0.15) is 0 Å². The summed E-state index contributed by atoms with van der Waals surface area (Å²) >= 11 is 0. The van der Waals surface area contributed by atoms with Gasteiger partial charge in [-0.3, -0.25) is 4.79 Å². The van der Waals surface area contributed by atoms with Crippen molar-refractivity contribution in [3.63, 3.8) is 0 Å². The highest BCUT2D eigenvalue weighted by Gasteiger charge is 2.61. The average molecular weight is 344 g/mol. The molecule has 1 saturated heterocycles. The molecule has 1 heterocycles. The molecule has 0 radical (unpaired) electrons. The van der Waals surface area contributed by atoms with Gasteiger partial charge in [0.15, 0.2) is 5.78 Å². The molecule has 5 heteroatoms. The minimum absolute atomic E-state index is 0.00633. The zero-order valence-corrected chi connectivity index (χ0v) is 15.3. The summed E-state index contributed by atoms with van der Waals surface area (Å²) in [5.41, 5.74) is 2.17. The van der Waals surface area contributed by atoms with Crippen LogP contribution in [-0.2, 0) is 23.9 Å². The van der Waals surface area contributed by atoms with Crippen LogP contribution in [0.5, 0.6) is 0 Å². The third kappa shape index (κ3) is 2.75. The summed E-state index contributed by atoms with van der Waals surface area (Å²) in [6, 6.07) is 0. The third-order valence-electron chi connectivity index (χ3n) is 5.52. The minimum atomic E-state index is -1.32. The lowest BCUT2D eigenvalue weighted by Crippen LogP contribution is -2.44. The van der Waals surface area contributed by atoms with Crippen molar-refractivity contribution in [3.8, 4) is 0 Å². The molecular formula is C20H24O5. The van der Waals surface area contributed by atoms with E-state index in [0.717, 1.165) is 22.3 Å². The first-order valence-electron chi connectivity index (χ1n) is 8.66. The molecule has 4 atom stereocenters. The van der Waals surface area contributed by atoms with E-state index in [-0.39, 0.29) is 17.6 Å².